The first kappa shape index (κ1) is 11.5. The van der Waals surface area contributed by atoms with Gasteiger partial charge < -0.3 is 0 Å². The number of aryl methyl sites for hydroxylation is 1. The maximum Gasteiger partial charge on any atom is 0.0181 e. The molecule has 2 aromatic carbocycles. The molecule has 0 radical (unpaired) electrons. The lowest BCUT2D eigenvalue weighted by Gasteiger charge is -2.25. The maximum absolute atomic E-state index is 3.56. The lowest BCUT2D eigenvalue weighted by Crippen LogP contribution is -2.06. The summed E-state index contributed by atoms with van der Waals surface area (Å²) in [6, 6.07) is 11.2. The first-order chi connectivity index (χ1) is 9.33. The molecule has 2 aliphatic carbocycles. The van der Waals surface area contributed by atoms with Gasteiger partial charge >= 0.3 is 0 Å². The van der Waals surface area contributed by atoms with E-state index in [1.54, 1.807) is 5.57 Å². The quantitative estimate of drug-likeness (QED) is 0.589. The van der Waals surface area contributed by atoms with Crippen LogP contribution in [0.15, 0.2) is 52.5 Å². The summed E-state index contributed by atoms with van der Waals surface area (Å²) in [6.45, 7) is 0. The molecular weight excluding hydrogens is 296 g/mol. The summed E-state index contributed by atoms with van der Waals surface area (Å²) in [5, 5.41) is 2.77. The van der Waals surface area contributed by atoms with Gasteiger partial charge in [-0.15, -0.1) is 0 Å². The fourth-order valence-electron chi connectivity index (χ4n) is 3.41. The van der Waals surface area contributed by atoms with Gasteiger partial charge in [0.1, 0.15) is 0 Å². The summed E-state index contributed by atoms with van der Waals surface area (Å²) in [5.41, 5.74) is 6.16. The molecule has 2 aromatic rings. The van der Waals surface area contributed by atoms with E-state index in [9.17, 15) is 0 Å². The molecule has 0 fully saturated rings. The first-order valence-electron chi connectivity index (χ1n) is 6.93. The largest absolute Gasteiger partial charge is 0.0836 e. The van der Waals surface area contributed by atoms with Crippen molar-refractivity contribution in [1.82, 2.24) is 0 Å². The summed E-state index contributed by atoms with van der Waals surface area (Å²) >= 11 is 3.56. The Bertz CT molecular complexity index is 735. The average molecular weight is 311 g/mol. The van der Waals surface area contributed by atoms with E-state index in [2.05, 4.69) is 58.4 Å². The molecule has 0 nitrogen and oxygen atoms in total. The Morgan fingerprint density at radius 2 is 1.89 bits per heavy atom. The number of fused-ring (bicyclic) bond motifs is 4. The monoisotopic (exact) mass is 310 g/mol. The van der Waals surface area contributed by atoms with Gasteiger partial charge in [-0.05, 0) is 65.3 Å². The Balaban J connectivity index is 2.00. The van der Waals surface area contributed by atoms with Crippen molar-refractivity contribution in [2.45, 2.75) is 25.7 Å². The summed E-state index contributed by atoms with van der Waals surface area (Å²) < 4.78 is 1.16. The summed E-state index contributed by atoms with van der Waals surface area (Å²) in [5.74, 6) is 0. The van der Waals surface area contributed by atoms with Gasteiger partial charge in [0, 0.05) is 4.47 Å². The Morgan fingerprint density at radius 3 is 2.84 bits per heavy atom. The Morgan fingerprint density at radius 1 is 0.947 bits per heavy atom. The second kappa shape index (κ2) is 4.35. The SMILES string of the molecule is Brc1ccc2c3c(ccc2c1)C1=C(CCC=C1)CC3. The second-order valence-electron chi connectivity index (χ2n) is 5.42. The van der Waals surface area contributed by atoms with Gasteiger partial charge in [0.25, 0.3) is 0 Å². The Labute approximate surface area is 122 Å². The first-order valence-corrected chi connectivity index (χ1v) is 7.72. The van der Waals surface area contributed by atoms with Crippen molar-refractivity contribution in [3.8, 4) is 0 Å². The van der Waals surface area contributed by atoms with Crippen molar-refractivity contribution in [2.75, 3.05) is 0 Å². The highest BCUT2D eigenvalue weighted by atomic mass is 79.9. The van der Waals surface area contributed by atoms with Crippen LogP contribution in [-0.4, -0.2) is 0 Å². The van der Waals surface area contributed by atoms with Gasteiger partial charge in [-0.2, -0.15) is 0 Å². The zero-order valence-corrected chi connectivity index (χ0v) is 12.3. The van der Waals surface area contributed by atoms with E-state index in [0.29, 0.717) is 0 Å². The highest BCUT2D eigenvalue weighted by Gasteiger charge is 2.20. The highest BCUT2D eigenvalue weighted by Crippen LogP contribution is 2.40. The van der Waals surface area contributed by atoms with Crippen LogP contribution in [0, 0.1) is 0 Å². The third-order valence-corrected chi connectivity index (χ3v) is 4.83. The third kappa shape index (κ3) is 1.80. The Kier molecular flexibility index (Phi) is 2.63. The molecule has 4 rings (SSSR count). The zero-order valence-electron chi connectivity index (χ0n) is 10.7. The number of benzene rings is 2. The van der Waals surface area contributed by atoms with Crippen molar-refractivity contribution in [3.63, 3.8) is 0 Å². The van der Waals surface area contributed by atoms with Gasteiger partial charge in [0.15, 0.2) is 0 Å². The topological polar surface area (TPSA) is 0 Å². The van der Waals surface area contributed by atoms with Crippen molar-refractivity contribution < 1.29 is 0 Å². The van der Waals surface area contributed by atoms with Crippen molar-refractivity contribution in [1.29, 1.82) is 0 Å². The number of rotatable bonds is 0. The highest BCUT2D eigenvalue weighted by molar-refractivity contribution is 9.10. The molecule has 0 spiro atoms. The summed E-state index contributed by atoms with van der Waals surface area (Å²) in [6.07, 6.45) is 9.56. The Hall–Kier alpha value is -1.34. The van der Waals surface area contributed by atoms with E-state index >= 15 is 0 Å². The van der Waals surface area contributed by atoms with Crippen LogP contribution in [0.25, 0.3) is 16.3 Å². The second-order valence-corrected chi connectivity index (χ2v) is 6.33. The lowest BCUT2D eigenvalue weighted by molar-refractivity contribution is 0.831. The van der Waals surface area contributed by atoms with E-state index in [-0.39, 0.29) is 0 Å². The number of hydrogen-bond acceptors (Lipinski definition) is 0. The molecule has 0 heterocycles. The summed E-state index contributed by atoms with van der Waals surface area (Å²) in [7, 11) is 0. The minimum absolute atomic E-state index is 1.16. The molecule has 0 unspecified atom stereocenters. The van der Waals surface area contributed by atoms with E-state index in [0.717, 1.165) is 4.47 Å². The molecule has 0 amide bonds. The molecule has 1 heteroatoms. The van der Waals surface area contributed by atoms with Gasteiger partial charge in [0.2, 0.25) is 0 Å². The van der Waals surface area contributed by atoms with E-state index < -0.39 is 0 Å². The standard InChI is InChI=1S/C18H15Br/c19-14-7-10-16-13(11-14)6-9-17-15-4-2-1-3-12(15)5-8-18(16)17/h2,4,6-7,9-11H,1,3,5,8H2. The molecular formula is C18H15Br. The van der Waals surface area contributed by atoms with Crippen molar-refractivity contribution >= 4 is 32.3 Å². The van der Waals surface area contributed by atoms with E-state index in [1.807, 2.05) is 0 Å². The maximum atomic E-state index is 3.56. The smallest absolute Gasteiger partial charge is 0.0181 e. The average Bonchev–Trinajstić information content (AvgIpc) is 2.46. The van der Waals surface area contributed by atoms with Gasteiger partial charge in [0.05, 0.1) is 0 Å². The molecule has 0 atom stereocenters. The predicted octanol–water partition coefficient (Wildman–Crippen LogP) is 5.65. The van der Waals surface area contributed by atoms with Crippen LogP contribution < -0.4 is 0 Å². The summed E-state index contributed by atoms with van der Waals surface area (Å²) in [4.78, 5) is 0. The van der Waals surface area contributed by atoms with Gasteiger partial charge in [-0.1, -0.05) is 51.9 Å². The molecule has 0 aromatic heterocycles. The molecule has 0 saturated carbocycles. The molecule has 0 N–H and O–H groups in total. The predicted molar refractivity (Wildman–Crippen MR) is 85.3 cm³/mol. The molecule has 0 bridgehead atoms. The number of halogens is 1. The van der Waals surface area contributed by atoms with Crippen LogP contribution in [-0.2, 0) is 6.42 Å². The molecule has 0 saturated heterocycles. The molecule has 19 heavy (non-hydrogen) atoms. The minimum atomic E-state index is 1.16. The van der Waals surface area contributed by atoms with Gasteiger partial charge in [-0.25, -0.2) is 0 Å². The number of allylic oxidation sites excluding steroid dienone is 4. The lowest BCUT2D eigenvalue weighted by atomic mass is 9.80. The normalized spacial score (nSPS) is 17.5. The van der Waals surface area contributed by atoms with Crippen LogP contribution in [0.4, 0.5) is 0 Å². The third-order valence-electron chi connectivity index (χ3n) is 4.34. The molecule has 2 aliphatic rings. The van der Waals surface area contributed by atoms with Crippen LogP contribution in [0.5, 0.6) is 0 Å². The van der Waals surface area contributed by atoms with Gasteiger partial charge in [-0.3, -0.25) is 0 Å². The van der Waals surface area contributed by atoms with Crippen LogP contribution in [0.1, 0.15) is 30.4 Å². The van der Waals surface area contributed by atoms with E-state index in [4.69, 9.17) is 0 Å². The fraction of sp³-hybridized carbons (Fsp3) is 0.222. The fourth-order valence-corrected chi connectivity index (χ4v) is 3.79. The van der Waals surface area contributed by atoms with Crippen LogP contribution in [0.3, 0.4) is 0 Å². The minimum Gasteiger partial charge on any atom is -0.0836 e. The zero-order chi connectivity index (χ0) is 12.8. The van der Waals surface area contributed by atoms with E-state index in [1.165, 1.54) is 53.2 Å². The molecule has 0 aliphatic heterocycles. The van der Waals surface area contributed by atoms with Crippen molar-refractivity contribution in [2.24, 2.45) is 0 Å². The van der Waals surface area contributed by atoms with Crippen LogP contribution >= 0.6 is 15.9 Å². The number of hydrogen-bond donors (Lipinski definition) is 0. The van der Waals surface area contributed by atoms with Crippen molar-refractivity contribution in [3.05, 3.63) is 63.7 Å². The van der Waals surface area contributed by atoms with Crippen LogP contribution in [0.2, 0.25) is 0 Å². The molecule has 94 valence electrons.